The van der Waals surface area contributed by atoms with Crippen LogP contribution in [0.3, 0.4) is 0 Å². The lowest BCUT2D eigenvalue weighted by molar-refractivity contribution is -0.118. The zero-order valence-corrected chi connectivity index (χ0v) is 17.9. The number of amides is 2. The number of allylic oxidation sites excluding steroid dienone is 4. The molecule has 6 heteroatoms. The largest absolute Gasteiger partial charge is 0.315 e. The molecule has 2 heterocycles. The fraction of sp³-hybridized carbons (Fsp3) is 0.208. The van der Waals surface area contributed by atoms with Gasteiger partial charge in [-0.25, -0.2) is 4.98 Å². The summed E-state index contributed by atoms with van der Waals surface area (Å²) in [7, 11) is 1.81. The molecule has 1 aromatic carbocycles. The van der Waals surface area contributed by atoms with Crippen molar-refractivity contribution in [3.8, 4) is 0 Å². The highest BCUT2D eigenvalue weighted by atomic mass is 35.5. The van der Waals surface area contributed by atoms with E-state index in [1.54, 1.807) is 36.2 Å². The topological polar surface area (TPSA) is 62.3 Å². The highest BCUT2D eigenvalue weighted by Crippen LogP contribution is 2.30. The maximum atomic E-state index is 12.4. The van der Waals surface area contributed by atoms with Crippen LogP contribution >= 0.6 is 11.6 Å². The van der Waals surface area contributed by atoms with E-state index >= 15 is 0 Å². The van der Waals surface area contributed by atoms with E-state index in [1.165, 1.54) is 0 Å². The molecule has 1 N–H and O–H groups in total. The van der Waals surface area contributed by atoms with Crippen LogP contribution in [-0.4, -0.2) is 23.8 Å². The molecule has 1 aromatic heterocycles. The highest BCUT2D eigenvalue weighted by molar-refractivity contribution is 6.29. The standard InChI is InChI=1S/C24H24ClN3O2/c1-4-16(14-23(29)27-22-8-6-7-21(25)26-22)13-17(5-2)18-9-11-20-19(15-18)10-12-24(30)28(20)3/h4-9,11,13,15H,1,10,12,14H2,2-3H3,(H,26,27,29)/b16-13+,17-5+. The van der Waals surface area contributed by atoms with E-state index in [0.717, 1.165) is 34.4 Å². The minimum Gasteiger partial charge on any atom is -0.315 e. The van der Waals surface area contributed by atoms with E-state index < -0.39 is 0 Å². The van der Waals surface area contributed by atoms with E-state index in [9.17, 15) is 9.59 Å². The molecule has 0 radical (unpaired) electrons. The van der Waals surface area contributed by atoms with Crippen LogP contribution in [0.2, 0.25) is 5.15 Å². The van der Waals surface area contributed by atoms with E-state index in [0.29, 0.717) is 17.4 Å². The van der Waals surface area contributed by atoms with E-state index in [4.69, 9.17) is 11.6 Å². The van der Waals surface area contributed by atoms with Crippen LogP contribution in [0.15, 0.2) is 66.8 Å². The first-order valence-corrected chi connectivity index (χ1v) is 10.1. The van der Waals surface area contributed by atoms with Gasteiger partial charge in [0.25, 0.3) is 0 Å². The second-order valence-electron chi connectivity index (χ2n) is 7.03. The van der Waals surface area contributed by atoms with Crippen LogP contribution in [0.1, 0.15) is 30.9 Å². The third kappa shape index (κ3) is 5.05. The lowest BCUT2D eigenvalue weighted by Crippen LogP contribution is -2.31. The van der Waals surface area contributed by atoms with Gasteiger partial charge in [0.1, 0.15) is 11.0 Å². The molecular weight excluding hydrogens is 398 g/mol. The molecule has 1 aliphatic rings. The molecule has 154 valence electrons. The van der Waals surface area contributed by atoms with Crippen LogP contribution < -0.4 is 10.2 Å². The summed E-state index contributed by atoms with van der Waals surface area (Å²) in [6.45, 7) is 5.80. The second-order valence-corrected chi connectivity index (χ2v) is 7.42. The first-order valence-electron chi connectivity index (χ1n) is 9.73. The molecular formula is C24H24ClN3O2. The van der Waals surface area contributed by atoms with Gasteiger partial charge in [-0.2, -0.15) is 0 Å². The number of nitrogens with zero attached hydrogens (tertiary/aromatic N) is 2. The Hall–Kier alpha value is -3.18. The Balaban J connectivity index is 1.77. The molecule has 0 atom stereocenters. The number of carbonyl (C=O) groups excluding carboxylic acids is 2. The van der Waals surface area contributed by atoms with Gasteiger partial charge >= 0.3 is 0 Å². The summed E-state index contributed by atoms with van der Waals surface area (Å²) in [6, 6.07) is 11.2. The predicted octanol–water partition coefficient (Wildman–Crippen LogP) is 5.19. The van der Waals surface area contributed by atoms with Crippen molar-refractivity contribution < 1.29 is 9.59 Å². The molecule has 0 saturated carbocycles. The number of nitrogens with one attached hydrogen (secondary N) is 1. The van der Waals surface area contributed by atoms with E-state index in [1.807, 2.05) is 31.2 Å². The smallest absolute Gasteiger partial charge is 0.229 e. The Bertz CT molecular complexity index is 1060. The van der Waals surface area contributed by atoms with Crippen molar-refractivity contribution in [2.45, 2.75) is 26.2 Å². The number of benzene rings is 1. The lowest BCUT2D eigenvalue weighted by Gasteiger charge is -2.26. The van der Waals surface area contributed by atoms with Gasteiger partial charge in [-0.1, -0.05) is 48.5 Å². The third-order valence-electron chi connectivity index (χ3n) is 5.02. The molecule has 0 saturated heterocycles. The summed E-state index contributed by atoms with van der Waals surface area (Å²) >= 11 is 5.87. The van der Waals surface area contributed by atoms with Crippen molar-refractivity contribution in [3.63, 3.8) is 0 Å². The van der Waals surface area contributed by atoms with Gasteiger partial charge < -0.3 is 10.2 Å². The van der Waals surface area contributed by atoms with Crippen molar-refractivity contribution >= 4 is 40.5 Å². The van der Waals surface area contributed by atoms with Gasteiger partial charge in [0.15, 0.2) is 0 Å². The van der Waals surface area contributed by atoms with Crippen LogP contribution in [0.5, 0.6) is 0 Å². The van der Waals surface area contributed by atoms with E-state index in [-0.39, 0.29) is 18.2 Å². The van der Waals surface area contributed by atoms with Gasteiger partial charge in [-0.3, -0.25) is 9.59 Å². The van der Waals surface area contributed by atoms with Crippen LogP contribution in [0.25, 0.3) is 5.57 Å². The SMILES string of the molecule is C=C/C(=C\C(=C/C)c1ccc2c(c1)CCC(=O)N2C)CC(=O)Nc1cccc(Cl)n1. The molecule has 0 spiro atoms. The summed E-state index contributed by atoms with van der Waals surface area (Å²) in [5.74, 6) is 0.350. The minimum atomic E-state index is -0.197. The maximum Gasteiger partial charge on any atom is 0.229 e. The molecule has 30 heavy (non-hydrogen) atoms. The number of hydrogen-bond donors (Lipinski definition) is 1. The average molecular weight is 422 g/mol. The molecule has 5 nitrogen and oxygen atoms in total. The molecule has 1 aliphatic heterocycles. The summed E-state index contributed by atoms with van der Waals surface area (Å²) in [5, 5.41) is 3.07. The average Bonchev–Trinajstić information content (AvgIpc) is 2.73. The molecule has 2 amide bonds. The second kappa shape index (κ2) is 9.55. The first kappa shape index (κ1) is 21.5. The molecule has 0 bridgehead atoms. The third-order valence-corrected chi connectivity index (χ3v) is 5.23. The van der Waals surface area contributed by atoms with Crippen molar-refractivity contribution in [2.24, 2.45) is 0 Å². The maximum absolute atomic E-state index is 12.4. The summed E-state index contributed by atoms with van der Waals surface area (Å²) < 4.78 is 0. The monoisotopic (exact) mass is 421 g/mol. The Labute approximate surface area is 181 Å². The summed E-state index contributed by atoms with van der Waals surface area (Å²) in [4.78, 5) is 30.1. The van der Waals surface area contributed by atoms with Gasteiger partial charge in [-0.15, -0.1) is 0 Å². The number of anilines is 2. The number of fused-ring (bicyclic) bond motifs is 1. The van der Waals surface area contributed by atoms with Crippen molar-refractivity contribution in [1.82, 2.24) is 4.98 Å². The quantitative estimate of drug-likeness (QED) is 0.515. The predicted molar refractivity (Wildman–Crippen MR) is 123 cm³/mol. The highest BCUT2D eigenvalue weighted by Gasteiger charge is 2.21. The van der Waals surface area contributed by atoms with Gasteiger partial charge in [0, 0.05) is 19.2 Å². The lowest BCUT2D eigenvalue weighted by atomic mass is 9.94. The van der Waals surface area contributed by atoms with Gasteiger partial charge in [0.2, 0.25) is 11.8 Å². The molecule has 0 aliphatic carbocycles. The number of hydrogen-bond acceptors (Lipinski definition) is 3. The van der Waals surface area contributed by atoms with Gasteiger partial charge in [-0.05, 0) is 59.9 Å². The van der Waals surface area contributed by atoms with Crippen molar-refractivity contribution in [3.05, 3.63) is 83.1 Å². The number of rotatable bonds is 6. The van der Waals surface area contributed by atoms with Gasteiger partial charge in [0.05, 0.1) is 6.42 Å². The molecule has 2 aromatic rings. The Morgan fingerprint density at radius 3 is 2.80 bits per heavy atom. The minimum absolute atomic E-state index is 0.135. The van der Waals surface area contributed by atoms with Crippen molar-refractivity contribution in [1.29, 1.82) is 0 Å². The molecule has 0 unspecified atom stereocenters. The van der Waals surface area contributed by atoms with Crippen LogP contribution in [0.4, 0.5) is 11.5 Å². The molecule has 0 fully saturated rings. The molecule has 3 rings (SSSR count). The fourth-order valence-corrected chi connectivity index (χ4v) is 3.57. The number of halogens is 1. The number of aromatic nitrogens is 1. The van der Waals surface area contributed by atoms with Crippen molar-refractivity contribution in [2.75, 3.05) is 17.3 Å². The normalized spacial score (nSPS) is 14.4. The van der Waals surface area contributed by atoms with Crippen LogP contribution in [0, 0.1) is 0 Å². The summed E-state index contributed by atoms with van der Waals surface area (Å²) in [5.41, 5.74) is 4.91. The Morgan fingerprint density at radius 1 is 1.30 bits per heavy atom. The Morgan fingerprint density at radius 2 is 2.10 bits per heavy atom. The first-order chi connectivity index (χ1) is 14.4. The van der Waals surface area contributed by atoms with Crippen LogP contribution in [-0.2, 0) is 16.0 Å². The zero-order valence-electron chi connectivity index (χ0n) is 17.1. The zero-order chi connectivity index (χ0) is 21.7. The number of carbonyl (C=O) groups is 2. The number of aryl methyl sites for hydroxylation is 1. The van der Waals surface area contributed by atoms with E-state index in [2.05, 4.69) is 22.9 Å². The fourth-order valence-electron chi connectivity index (χ4n) is 3.40. The summed E-state index contributed by atoms with van der Waals surface area (Å²) in [6.07, 6.45) is 7.05. The number of pyridine rings is 1. The Kier molecular flexibility index (Phi) is 6.85.